The van der Waals surface area contributed by atoms with Crippen LogP contribution in [0.2, 0.25) is 0 Å². The molecule has 200 valence electrons. The number of thiazole rings is 1. The van der Waals surface area contributed by atoms with Gasteiger partial charge in [0.05, 0.1) is 32.4 Å². The summed E-state index contributed by atoms with van der Waals surface area (Å²) in [5.74, 6) is 0.0682. The lowest BCUT2D eigenvalue weighted by atomic mass is 9.96. The molecule has 39 heavy (non-hydrogen) atoms. The third-order valence-electron chi connectivity index (χ3n) is 5.92. The minimum absolute atomic E-state index is 0.246. The molecule has 0 spiro atoms. The van der Waals surface area contributed by atoms with Gasteiger partial charge in [-0.1, -0.05) is 53.4 Å². The van der Waals surface area contributed by atoms with E-state index in [1.807, 2.05) is 66.9 Å². The van der Waals surface area contributed by atoms with Crippen LogP contribution in [0.5, 0.6) is 0 Å². The van der Waals surface area contributed by atoms with Gasteiger partial charge >= 0.3 is 5.97 Å². The van der Waals surface area contributed by atoms with Crippen LogP contribution in [-0.4, -0.2) is 22.9 Å². The van der Waals surface area contributed by atoms with Crippen molar-refractivity contribution in [1.82, 2.24) is 4.57 Å². The number of thioether (sulfide) groups is 1. The van der Waals surface area contributed by atoms with Gasteiger partial charge in [0.25, 0.3) is 5.56 Å². The third kappa shape index (κ3) is 5.89. The quantitative estimate of drug-likeness (QED) is 0.172. The molecule has 2 aromatic carbocycles. The highest BCUT2D eigenvalue weighted by molar-refractivity contribution is 9.10. The van der Waals surface area contributed by atoms with Gasteiger partial charge in [-0.05, 0) is 78.9 Å². The molecular weight excluding hydrogens is 616 g/mol. The van der Waals surface area contributed by atoms with Crippen LogP contribution in [0.4, 0.5) is 0 Å². The molecular formula is C29H25BrN2O4S3. The van der Waals surface area contributed by atoms with Gasteiger partial charge in [-0.2, -0.15) is 0 Å². The maximum Gasteiger partial charge on any atom is 0.338 e. The van der Waals surface area contributed by atoms with E-state index < -0.39 is 12.0 Å². The molecule has 0 radical (unpaired) electrons. The predicted molar refractivity (Wildman–Crippen MR) is 160 cm³/mol. The van der Waals surface area contributed by atoms with Crippen molar-refractivity contribution in [2.24, 2.45) is 4.99 Å². The predicted octanol–water partition coefficient (Wildman–Crippen LogP) is 6.42. The molecule has 0 saturated carbocycles. The van der Waals surface area contributed by atoms with Crippen LogP contribution in [0.15, 0.2) is 105 Å². The number of carbonyl (C=O) groups excluding carboxylic acids is 1. The fourth-order valence-corrected chi connectivity index (χ4v) is 6.98. The Morgan fingerprint density at radius 1 is 1.15 bits per heavy atom. The Hall–Kier alpha value is -2.79. The first kappa shape index (κ1) is 27.8. The largest absolute Gasteiger partial charge is 0.459 e. The lowest BCUT2D eigenvalue weighted by molar-refractivity contribution is -0.143. The van der Waals surface area contributed by atoms with Crippen LogP contribution in [0.3, 0.4) is 0 Å². The number of furan rings is 1. The van der Waals surface area contributed by atoms with Crippen molar-refractivity contribution in [2.45, 2.75) is 47.8 Å². The number of allylic oxidation sites excluding steroid dienone is 1. The van der Waals surface area contributed by atoms with Crippen LogP contribution in [0.25, 0.3) is 6.08 Å². The van der Waals surface area contributed by atoms with Crippen molar-refractivity contribution in [3.05, 3.63) is 107 Å². The van der Waals surface area contributed by atoms with Crippen LogP contribution >= 0.6 is 50.8 Å². The molecule has 4 aromatic rings. The van der Waals surface area contributed by atoms with E-state index in [2.05, 4.69) is 20.9 Å². The molecule has 0 bridgehead atoms. The molecule has 10 heteroatoms. The van der Waals surface area contributed by atoms with Crippen LogP contribution in [0.1, 0.15) is 38.1 Å². The number of hydrogen-bond donors (Lipinski definition) is 0. The molecule has 1 aliphatic heterocycles. The first-order valence-corrected chi connectivity index (χ1v) is 15.8. The van der Waals surface area contributed by atoms with E-state index in [0.717, 1.165) is 19.8 Å². The fraction of sp³-hybridized carbons (Fsp3) is 0.207. The zero-order chi connectivity index (χ0) is 27.7. The van der Waals surface area contributed by atoms with Gasteiger partial charge in [0.1, 0.15) is 5.76 Å². The highest BCUT2D eigenvalue weighted by Crippen LogP contribution is 2.36. The molecule has 6 nitrogen and oxygen atoms in total. The first-order chi connectivity index (χ1) is 18.7. The summed E-state index contributed by atoms with van der Waals surface area (Å²) in [5.41, 5.74) is 1.47. The second-order valence-corrected chi connectivity index (χ2v) is 12.8. The summed E-state index contributed by atoms with van der Waals surface area (Å²) in [4.78, 5) is 34.4. The molecule has 0 aliphatic carbocycles. The van der Waals surface area contributed by atoms with Crippen molar-refractivity contribution in [3.63, 3.8) is 0 Å². The van der Waals surface area contributed by atoms with Crippen molar-refractivity contribution in [1.29, 1.82) is 0 Å². The van der Waals surface area contributed by atoms with Gasteiger partial charge < -0.3 is 9.15 Å². The third-order valence-corrected chi connectivity index (χ3v) is 9.49. The van der Waals surface area contributed by atoms with Gasteiger partial charge in [-0.15, -0.1) is 11.8 Å². The number of carbonyl (C=O) groups is 1. The van der Waals surface area contributed by atoms with E-state index in [0.29, 0.717) is 31.5 Å². The van der Waals surface area contributed by atoms with Crippen molar-refractivity contribution >= 4 is 62.8 Å². The molecule has 0 fully saturated rings. The number of halogens is 1. The Morgan fingerprint density at radius 3 is 2.54 bits per heavy atom. The zero-order valence-electron chi connectivity index (χ0n) is 21.6. The summed E-state index contributed by atoms with van der Waals surface area (Å²) in [7, 11) is 0. The zero-order valence-corrected chi connectivity index (χ0v) is 25.7. The Balaban J connectivity index is 1.61. The Morgan fingerprint density at radius 2 is 1.87 bits per heavy atom. The summed E-state index contributed by atoms with van der Waals surface area (Å²) >= 11 is 7.97. The van der Waals surface area contributed by atoms with Crippen LogP contribution in [-0.2, 0) is 9.53 Å². The lowest BCUT2D eigenvalue weighted by Gasteiger charge is -2.25. The number of esters is 1. The highest BCUT2D eigenvalue weighted by Gasteiger charge is 2.33. The second-order valence-electron chi connectivity index (χ2n) is 9.01. The molecule has 0 N–H and O–H groups in total. The molecule has 0 unspecified atom stereocenters. The molecule has 0 saturated heterocycles. The maximum atomic E-state index is 13.8. The van der Waals surface area contributed by atoms with Gasteiger partial charge in [-0.3, -0.25) is 9.36 Å². The molecule has 3 heterocycles. The molecule has 2 aromatic heterocycles. The minimum Gasteiger partial charge on any atom is -0.459 e. The number of hydrogen-bond acceptors (Lipinski definition) is 8. The average Bonchev–Trinajstić information content (AvgIpc) is 3.41. The SMILES string of the molecule is CSc1ccc([C@H]2C(C(=O)OC(C)C)=C(C)N=c3s/c(=C/c4cc(Br)c(Sc5ccccc5)o4)c(=O)n32)cc1. The topological polar surface area (TPSA) is 73.8 Å². The number of ether oxygens (including phenoxy) is 1. The molecule has 5 rings (SSSR count). The lowest BCUT2D eigenvalue weighted by Crippen LogP contribution is -2.40. The number of aromatic nitrogens is 1. The maximum absolute atomic E-state index is 13.8. The van der Waals surface area contributed by atoms with Gasteiger partial charge in [-0.25, -0.2) is 9.79 Å². The normalized spacial score (nSPS) is 15.4. The average molecular weight is 642 g/mol. The number of nitrogens with zero attached hydrogens (tertiary/aromatic N) is 2. The number of fused-ring (bicyclic) bond motifs is 1. The Bertz CT molecular complexity index is 1740. The van der Waals surface area contributed by atoms with Crippen LogP contribution in [0, 0.1) is 0 Å². The van der Waals surface area contributed by atoms with Gasteiger partial charge in [0, 0.05) is 15.9 Å². The van der Waals surface area contributed by atoms with E-state index in [1.54, 1.807) is 43.2 Å². The molecule has 0 amide bonds. The Labute approximate surface area is 246 Å². The van der Waals surface area contributed by atoms with Crippen LogP contribution < -0.4 is 14.9 Å². The van der Waals surface area contributed by atoms with E-state index in [-0.39, 0.29) is 11.7 Å². The summed E-state index contributed by atoms with van der Waals surface area (Å²) < 4.78 is 14.5. The van der Waals surface area contributed by atoms with Crippen molar-refractivity contribution in [3.8, 4) is 0 Å². The summed E-state index contributed by atoms with van der Waals surface area (Å²) in [6, 6.07) is 19.0. The van der Waals surface area contributed by atoms with Gasteiger partial charge in [0.2, 0.25) is 0 Å². The number of benzene rings is 2. The van der Waals surface area contributed by atoms with E-state index in [9.17, 15) is 9.59 Å². The number of rotatable bonds is 7. The standard InChI is InChI=1S/C29H25BrN2O4S3/c1-16(2)35-27(34)24-17(3)31-29-32(25(24)18-10-12-20(37-4)13-11-18)26(33)23(39-29)15-19-14-22(30)28(36-19)38-21-8-6-5-7-9-21/h5-16,25H,1-4H3/b23-15+/t25-/m0/s1. The fourth-order valence-electron chi connectivity index (χ4n) is 4.20. The summed E-state index contributed by atoms with van der Waals surface area (Å²) in [6.07, 6.45) is 3.43. The van der Waals surface area contributed by atoms with E-state index in [1.165, 1.54) is 23.1 Å². The second kappa shape index (κ2) is 11.8. The Kier molecular flexibility index (Phi) is 8.37. The van der Waals surface area contributed by atoms with E-state index >= 15 is 0 Å². The molecule has 1 aliphatic rings. The summed E-state index contributed by atoms with van der Waals surface area (Å²) in [5, 5.41) is 0.696. The van der Waals surface area contributed by atoms with Crippen molar-refractivity contribution < 1.29 is 13.9 Å². The minimum atomic E-state index is -0.655. The van der Waals surface area contributed by atoms with Gasteiger partial charge in [0.15, 0.2) is 9.89 Å². The summed E-state index contributed by atoms with van der Waals surface area (Å²) in [6.45, 7) is 5.39. The monoisotopic (exact) mass is 640 g/mol. The smallest absolute Gasteiger partial charge is 0.338 e. The highest BCUT2D eigenvalue weighted by atomic mass is 79.9. The first-order valence-electron chi connectivity index (χ1n) is 12.1. The molecule has 1 atom stereocenters. The van der Waals surface area contributed by atoms with E-state index in [4.69, 9.17) is 9.15 Å². The van der Waals surface area contributed by atoms with Crippen molar-refractivity contribution in [2.75, 3.05) is 6.26 Å².